The minimum atomic E-state index is -1.36. The van der Waals surface area contributed by atoms with Crippen molar-refractivity contribution < 1.29 is 57.8 Å². The Morgan fingerprint density at radius 1 is 0.414 bits per heavy atom. The van der Waals surface area contributed by atoms with Gasteiger partial charge in [0.05, 0.1) is 64.0 Å². The van der Waals surface area contributed by atoms with Crippen molar-refractivity contribution in [3.63, 3.8) is 0 Å². The molecule has 0 heterocycles. The van der Waals surface area contributed by atoms with Gasteiger partial charge in [0.15, 0.2) is 0 Å². The zero-order chi connectivity index (χ0) is 23.0. The molecule has 0 radical (unpaired) electrons. The van der Waals surface area contributed by atoms with Crippen LogP contribution in [0.25, 0.3) is 0 Å². The van der Waals surface area contributed by atoms with Crippen LogP contribution in [0.2, 0.25) is 0 Å². The summed E-state index contributed by atoms with van der Waals surface area (Å²) < 4.78 is 42.4. The van der Waals surface area contributed by atoms with Crippen LogP contribution >= 0.6 is 41.7 Å². The normalized spacial score (nSPS) is 10.1. The second kappa shape index (κ2) is 34.9. The van der Waals surface area contributed by atoms with Crippen LogP contribution in [0.3, 0.4) is 0 Å². The molecule has 0 unspecified atom stereocenters. The molecule has 0 rings (SSSR count). The van der Waals surface area contributed by atoms with Gasteiger partial charge in [-0.3, -0.25) is 21.7 Å². The molecule has 0 aromatic carbocycles. The van der Waals surface area contributed by atoms with Crippen molar-refractivity contribution in [1.29, 1.82) is 0 Å². The van der Waals surface area contributed by atoms with Crippen molar-refractivity contribution in [1.82, 2.24) is 0 Å². The van der Waals surface area contributed by atoms with Crippen molar-refractivity contribution in [3.05, 3.63) is 5.90 Å². The topological polar surface area (TPSA) is 83.1 Å². The van der Waals surface area contributed by atoms with Gasteiger partial charge in [0.25, 0.3) is 0 Å². The van der Waals surface area contributed by atoms with Crippen molar-refractivity contribution in [2.45, 2.75) is 0 Å². The third kappa shape index (κ3) is 41.1. The van der Waals surface area contributed by atoms with Crippen molar-refractivity contribution in [3.8, 4) is 0 Å². The Labute approximate surface area is 195 Å². The maximum absolute atomic E-state index is 4.71. The molecule has 0 saturated carbocycles. The molecule has 0 aromatic heterocycles. The number of rotatable bonds is 11. The summed E-state index contributed by atoms with van der Waals surface area (Å²) in [7, 11) is 10.5. The van der Waals surface area contributed by atoms with Crippen LogP contribution in [-0.2, 0) is 57.8 Å². The molecule has 0 N–H and O–H groups in total. The summed E-state index contributed by atoms with van der Waals surface area (Å²) in [5.41, 5.74) is 0. The van der Waals surface area contributed by atoms with E-state index in [0.29, 0.717) is 0 Å². The first-order chi connectivity index (χ1) is 13.2. The van der Waals surface area contributed by atoms with E-state index in [1.807, 2.05) is 0 Å². The number of hydrogen-bond acceptors (Lipinski definition) is 9. The molecule has 0 aliphatic carbocycles. The first-order valence-corrected chi connectivity index (χ1v) is 16.1. The van der Waals surface area contributed by atoms with Gasteiger partial charge in [0.1, 0.15) is 0 Å². The minimum Gasteiger partial charge on any atom is -0.277 e. The van der Waals surface area contributed by atoms with Crippen molar-refractivity contribution in [2.75, 3.05) is 90.6 Å². The van der Waals surface area contributed by atoms with E-state index in [0.717, 1.165) is 0 Å². The van der Waals surface area contributed by atoms with Crippen molar-refractivity contribution >= 4 is 41.7 Å². The summed E-state index contributed by atoms with van der Waals surface area (Å²) >= 11 is 0. The van der Waals surface area contributed by atoms with Gasteiger partial charge in [-0.1, -0.05) is 26.7 Å². The predicted octanol–water partition coefficient (Wildman–Crippen LogP) is 5.24. The number of hydrogen-bond donors (Lipinski definition) is 0. The molecule has 0 aromatic rings. The van der Waals surface area contributed by atoms with Crippen LogP contribution in [-0.4, -0.2) is 90.6 Å². The fourth-order valence-electron chi connectivity index (χ4n) is 1.21. The van der Waals surface area contributed by atoms with E-state index in [-0.39, 0.29) is 32.9 Å². The van der Waals surface area contributed by atoms with Crippen LogP contribution in [0.4, 0.5) is 0 Å². The largest absolute Gasteiger partial charge is 0.397 e. The Bertz CT molecular complexity index is 213. The minimum absolute atomic E-state index is 0. The molecule has 0 spiro atoms. The zero-order valence-electron chi connectivity index (χ0n) is 20.0. The Morgan fingerprint density at radius 3 is 0.552 bits per heavy atom. The first-order valence-electron chi connectivity index (χ1n) is 7.82. The fourth-order valence-corrected chi connectivity index (χ4v) is 6.41. The molecule has 15 heteroatoms. The summed E-state index contributed by atoms with van der Waals surface area (Å²) in [6.07, 6.45) is 0. The van der Waals surface area contributed by atoms with Gasteiger partial charge in [0, 0.05) is 17.1 Å². The monoisotopic (exact) mass is 566 g/mol. The van der Waals surface area contributed by atoms with Gasteiger partial charge in [-0.05, 0) is 0 Å². The van der Waals surface area contributed by atoms with Gasteiger partial charge >= 0.3 is 25.8 Å². The Kier molecular flexibility index (Phi) is 50.0. The third-order valence-corrected chi connectivity index (χ3v) is 8.66. The fraction of sp³-hybridized carbons (Fsp3) is 0.929. The van der Waals surface area contributed by atoms with Crippen molar-refractivity contribution in [2.24, 2.45) is 0 Å². The van der Waals surface area contributed by atoms with Crippen LogP contribution < -0.4 is 0 Å². The summed E-state index contributed by atoms with van der Waals surface area (Å²) in [5, 5.41) is 0. The third-order valence-electron chi connectivity index (χ3n) is 1.96. The molecule has 9 nitrogen and oxygen atoms in total. The van der Waals surface area contributed by atoms with E-state index in [2.05, 4.69) is 32.6 Å². The molecule has 0 saturated heterocycles. The predicted molar refractivity (Wildman–Crippen MR) is 130 cm³/mol. The quantitative estimate of drug-likeness (QED) is 0.190. The maximum atomic E-state index is 4.71. The molecule has 0 aliphatic rings. The summed E-state index contributed by atoms with van der Waals surface area (Å²) in [4.78, 5) is 0. The SMILES string of the molecule is CO[PH+](OC)OC.CO[PH+](OC)OC.CO[PH+](OC)OC.CP(C)[CH-]P(C)C.[Fe]. The van der Waals surface area contributed by atoms with Crippen LogP contribution in [0.5, 0.6) is 0 Å². The Morgan fingerprint density at radius 2 is 0.552 bits per heavy atom. The van der Waals surface area contributed by atoms with Crippen LogP contribution in [0.15, 0.2) is 0 Å². The first kappa shape index (κ1) is 41.6. The summed E-state index contributed by atoms with van der Waals surface area (Å²) in [5.74, 6) is 2.46. The van der Waals surface area contributed by atoms with Gasteiger partial charge in [0.2, 0.25) is 0 Å². The molecule has 0 amide bonds. The second-order valence-corrected chi connectivity index (χ2v) is 14.6. The Balaban J connectivity index is -0.0000000873. The molecular weight excluding hydrogens is 523 g/mol. The van der Waals surface area contributed by atoms with Gasteiger partial charge in [-0.25, -0.2) is 0 Å². The summed E-state index contributed by atoms with van der Waals surface area (Å²) in [6.45, 7) is 9.16. The molecule has 0 atom stereocenters. The van der Waals surface area contributed by atoms with Gasteiger partial charge < -0.3 is 0 Å². The van der Waals surface area contributed by atoms with Crippen LogP contribution in [0.1, 0.15) is 0 Å². The van der Waals surface area contributed by atoms with Gasteiger partial charge in [-0.15, -0.1) is 0 Å². The average Bonchev–Trinajstić information content (AvgIpc) is 2.66. The van der Waals surface area contributed by atoms with E-state index in [4.69, 9.17) is 40.7 Å². The maximum Gasteiger partial charge on any atom is 0.397 e. The zero-order valence-corrected chi connectivity index (χ0v) is 25.9. The van der Waals surface area contributed by atoms with E-state index in [1.54, 1.807) is 64.0 Å². The molecule has 184 valence electrons. The van der Waals surface area contributed by atoms with E-state index in [9.17, 15) is 0 Å². The molecule has 0 bridgehead atoms. The average molecular weight is 566 g/mol. The molecule has 0 aliphatic heterocycles. The molecular formula is C14H43FeO9P5+2. The Hall–Kier alpha value is 2.31. The second-order valence-electron chi connectivity index (χ2n) is 4.63. The summed E-state index contributed by atoms with van der Waals surface area (Å²) in [6, 6.07) is 0. The van der Waals surface area contributed by atoms with E-state index in [1.165, 1.54) is 0 Å². The molecule has 29 heavy (non-hydrogen) atoms. The molecule has 0 fully saturated rings. The van der Waals surface area contributed by atoms with E-state index >= 15 is 0 Å². The van der Waals surface area contributed by atoms with Gasteiger partial charge in [-0.2, -0.15) is 40.7 Å². The van der Waals surface area contributed by atoms with E-state index < -0.39 is 25.8 Å². The smallest absolute Gasteiger partial charge is 0.277 e. The van der Waals surface area contributed by atoms with Crippen LogP contribution in [0, 0.1) is 5.90 Å². The standard InChI is InChI=1S/C5H13P2.3C3H10O3P.Fe/c1-6(2)5-7(3)4;3*1-4-7(5-2)6-3;/h5H,1-4H3;3*7H,1-3H3;/q-1;3*+1;.